The van der Waals surface area contributed by atoms with Crippen LogP contribution in [0.25, 0.3) is 0 Å². The molecule has 3 atom stereocenters. The summed E-state index contributed by atoms with van der Waals surface area (Å²) in [4.78, 5) is 11.2. The van der Waals surface area contributed by atoms with E-state index < -0.39 is 18.1 Å². The number of aromatic nitrogens is 2. The van der Waals surface area contributed by atoms with Gasteiger partial charge in [0.25, 0.3) is 0 Å². The summed E-state index contributed by atoms with van der Waals surface area (Å²) < 4.78 is 0. The van der Waals surface area contributed by atoms with Gasteiger partial charge >= 0.3 is 5.97 Å². The van der Waals surface area contributed by atoms with Crippen LogP contribution in [0.5, 0.6) is 0 Å². The van der Waals surface area contributed by atoms with E-state index in [0.717, 1.165) is 31.2 Å². The van der Waals surface area contributed by atoms with Gasteiger partial charge in [0.1, 0.15) is 6.04 Å². The molecule has 2 rings (SSSR count). The Morgan fingerprint density at radius 1 is 1.56 bits per heavy atom. The Morgan fingerprint density at radius 2 is 2.33 bits per heavy atom. The lowest BCUT2D eigenvalue weighted by Crippen LogP contribution is -2.50. The van der Waals surface area contributed by atoms with Gasteiger partial charge in [-0.3, -0.25) is 15.2 Å². The zero-order valence-electron chi connectivity index (χ0n) is 10.2. The highest BCUT2D eigenvalue weighted by atomic mass is 16.4. The molecule has 18 heavy (non-hydrogen) atoms. The highest BCUT2D eigenvalue weighted by Crippen LogP contribution is 2.19. The van der Waals surface area contributed by atoms with Gasteiger partial charge in [-0.1, -0.05) is 12.8 Å². The van der Waals surface area contributed by atoms with Crippen molar-refractivity contribution in [3.8, 4) is 0 Å². The number of aliphatic carboxylic acids is 1. The second kappa shape index (κ2) is 5.97. The van der Waals surface area contributed by atoms with Crippen molar-refractivity contribution < 1.29 is 15.0 Å². The van der Waals surface area contributed by atoms with Crippen molar-refractivity contribution in [2.75, 3.05) is 0 Å². The van der Waals surface area contributed by atoms with Crippen molar-refractivity contribution in [3.63, 3.8) is 0 Å². The molecule has 0 unspecified atom stereocenters. The number of rotatable bonds is 5. The van der Waals surface area contributed by atoms with Crippen LogP contribution in [0.3, 0.4) is 0 Å². The molecular weight excluding hydrogens is 234 g/mol. The Labute approximate surface area is 105 Å². The number of carboxylic acid groups (broad SMARTS) is 1. The van der Waals surface area contributed by atoms with Crippen molar-refractivity contribution in [3.05, 3.63) is 18.0 Å². The van der Waals surface area contributed by atoms with Crippen LogP contribution in [0, 0.1) is 0 Å². The van der Waals surface area contributed by atoms with Crippen molar-refractivity contribution in [1.82, 2.24) is 15.5 Å². The maximum atomic E-state index is 11.2. The zero-order chi connectivity index (χ0) is 13.0. The lowest BCUT2D eigenvalue weighted by Gasteiger charge is -2.30. The second-order valence-corrected chi connectivity index (χ2v) is 4.83. The topological polar surface area (TPSA) is 98.2 Å². The van der Waals surface area contributed by atoms with Gasteiger partial charge in [0.2, 0.25) is 0 Å². The second-order valence-electron chi connectivity index (χ2n) is 4.83. The molecule has 0 aliphatic heterocycles. The fourth-order valence-electron chi connectivity index (χ4n) is 2.41. The predicted octanol–water partition coefficient (Wildman–Crippen LogP) is 0.298. The van der Waals surface area contributed by atoms with Crippen molar-refractivity contribution in [2.24, 2.45) is 0 Å². The van der Waals surface area contributed by atoms with Crippen LogP contribution in [0.2, 0.25) is 0 Å². The Kier molecular flexibility index (Phi) is 4.33. The number of aromatic amines is 1. The summed E-state index contributed by atoms with van der Waals surface area (Å²) in [7, 11) is 0. The lowest BCUT2D eigenvalue weighted by atomic mass is 9.91. The maximum absolute atomic E-state index is 11.2. The minimum absolute atomic E-state index is 0.119. The largest absolute Gasteiger partial charge is 0.480 e. The summed E-state index contributed by atoms with van der Waals surface area (Å²) in [6, 6.07) is -0.799. The average Bonchev–Trinajstić information content (AvgIpc) is 2.83. The van der Waals surface area contributed by atoms with Crippen LogP contribution in [-0.4, -0.2) is 44.6 Å². The first-order valence-electron chi connectivity index (χ1n) is 6.31. The molecule has 1 aromatic heterocycles. The Balaban J connectivity index is 1.95. The van der Waals surface area contributed by atoms with Crippen LogP contribution in [0.1, 0.15) is 31.2 Å². The van der Waals surface area contributed by atoms with E-state index >= 15 is 0 Å². The number of carboxylic acids is 1. The van der Waals surface area contributed by atoms with E-state index in [1.54, 1.807) is 12.4 Å². The molecule has 6 nitrogen and oxygen atoms in total. The van der Waals surface area contributed by atoms with Gasteiger partial charge in [0.05, 0.1) is 12.3 Å². The maximum Gasteiger partial charge on any atom is 0.321 e. The van der Waals surface area contributed by atoms with Gasteiger partial charge < -0.3 is 10.2 Å². The van der Waals surface area contributed by atoms with Crippen molar-refractivity contribution >= 4 is 5.97 Å². The summed E-state index contributed by atoms with van der Waals surface area (Å²) in [5, 5.41) is 28.6. The zero-order valence-corrected chi connectivity index (χ0v) is 10.2. The molecule has 0 aromatic carbocycles. The number of aliphatic hydroxyl groups excluding tert-OH is 1. The minimum Gasteiger partial charge on any atom is -0.480 e. The normalized spacial score (nSPS) is 25.8. The van der Waals surface area contributed by atoms with Crippen LogP contribution in [0.15, 0.2) is 12.4 Å². The van der Waals surface area contributed by atoms with E-state index in [1.807, 2.05) is 0 Å². The fraction of sp³-hybridized carbons (Fsp3) is 0.667. The lowest BCUT2D eigenvalue weighted by molar-refractivity contribution is -0.140. The van der Waals surface area contributed by atoms with E-state index in [1.165, 1.54) is 0 Å². The highest BCUT2D eigenvalue weighted by Gasteiger charge is 2.28. The molecule has 1 fully saturated rings. The quantitative estimate of drug-likeness (QED) is 0.605. The van der Waals surface area contributed by atoms with Gasteiger partial charge in [-0.15, -0.1) is 0 Å². The minimum atomic E-state index is -0.894. The summed E-state index contributed by atoms with van der Waals surface area (Å²) in [5.41, 5.74) is 0.847. The molecule has 4 N–H and O–H groups in total. The Hall–Kier alpha value is -1.40. The van der Waals surface area contributed by atoms with Gasteiger partial charge in [-0.2, -0.15) is 5.10 Å². The van der Waals surface area contributed by atoms with E-state index in [0.29, 0.717) is 6.42 Å². The molecule has 1 aromatic rings. The molecule has 0 radical (unpaired) electrons. The smallest absolute Gasteiger partial charge is 0.321 e. The van der Waals surface area contributed by atoms with Crippen LogP contribution in [-0.2, 0) is 11.2 Å². The number of nitrogens with zero attached hydrogens (tertiary/aromatic N) is 1. The van der Waals surface area contributed by atoms with Gasteiger partial charge in [-0.05, 0) is 18.4 Å². The molecule has 6 heteroatoms. The number of H-pyrrole nitrogens is 1. The third-order valence-electron chi connectivity index (χ3n) is 3.44. The molecule has 1 saturated carbocycles. The predicted molar refractivity (Wildman–Crippen MR) is 65.1 cm³/mol. The standard InChI is InChI=1S/C12H19N3O3/c16-11-4-2-1-3-9(11)15-10(12(17)18)5-8-6-13-14-7-8/h6-7,9-11,15-16H,1-5H2,(H,13,14)(H,17,18)/t9-,10-,11+/m1/s1. The molecule has 1 aliphatic rings. The monoisotopic (exact) mass is 253 g/mol. The summed E-state index contributed by atoms with van der Waals surface area (Å²) >= 11 is 0. The number of carbonyl (C=O) groups is 1. The Morgan fingerprint density at radius 3 is 2.94 bits per heavy atom. The van der Waals surface area contributed by atoms with Gasteiger partial charge in [0, 0.05) is 18.7 Å². The van der Waals surface area contributed by atoms with Crippen LogP contribution in [0.4, 0.5) is 0 Å². The number of hydrogen-bond acceptors (Lipinski definition) is 4. The number of nitrogens with one attached hydrogen (secondary N) is 2. The molecule has 0 saturated heterocycles. The van der Waals surface area contributed by atoms with Crippen molar-refractivity contribution in [2.45, 2.75) is 50.3 Å². The first-order valence-corrected chi connectivity index (χ1v) is 6.31. The van der Waals surface area contributed by atoms with Crippen molar-refractivity contribution in [1.29, 1.82) is 0 Å². The van der Waals surface area contributed by atoms with E-state index in [-0.39, 0.29) is 6.04 Å². The molecule has 100 valence electrons. The van der Waals surface area contributed by atoms with Crippen LogP contribution < -0.4 is 5.32 Å². The summed E-state index contributed by atoms with van der Waals surface area (Å²) in [5.74, 6) is -0.894. The van der Waals surface area contributed by atoms with E-state index in [9.17, 15) is 15.0 Å². The van der Waals surface area contributed by atoms with Crippen LogP contribution >= 0.6 is 0 Å². The first-order chi connectivity index (χ1) is 8.66. The molecule has 1 aliphatic carbocycles. The van der Waals surface area contributed by atoms with E-state index in [2.05, 4.69) is 15.5 Å². The molecule has 0 amide bonds. The molecule has 1 heterocycles. The molecule has 0 spiro atoms. The van der Waals surface area contributed by atoms with Gasteiger partial charge in [-0.25, -0.2) is 0 Å². The van der Waals surface area contributed by atoms with Gasteiger partial charge in [0.15, 0.2) is 0 Å². The fourth-order valence-corrected chi connectivity index (χ4v) is 2.41. The first kappa shape index (κ1) is 13.0. The average molecular weight is 253 g/mol. The third-order valence-corrected chi connectivity index (χ3v) is 3.44. The Bertz CT molecular complexity index is 380. The molecule has 0 bridgehead atoms. The van der Waals surface area contributed by atoms with E-state index in [4.69, 9.17) is 0 Å². The third kappa shape index (κ3) is 3.30. The number of aliphatic hydroxyl groups is 1. The SMILES string of the molecule is O=C(O)[C@@H](Cc1cn[nH]c1)N[C@@H]1CCCC[C@@H]1O. The summed E-state index contributed by atoms with van der Waals surface area (Å²) in [6.07, 6.45) is 6.86. The highest BCUT2D eigenvalue weighted by molar-refractivity contribution is 5.73. The number of hydrogen-bond donors (Lipinski definition) is 4. The molecular formula is C12H19N3O3. The summed E-state index contributed by atoms with van der Waals surface area (Å²) in [6.45, 7) is 0.